The smallest absolute Gasteiger partial charge is 0.253 e. The lowest BCUT2D eigenvalue weighted by Crippen LogP contribution is -2.45. The molecule has 1 fully saturated rings. The number of hydrogen-bond donors (Lipinski definition) is 1. The summed E-state index contributed by atoms with van der Waals surface area (Å²) in [5.74, 6) is 0.584. The van der Waals surface area contributed by atoms with Crippen molar-refractivity contribution in [3.63, 3.8) is 0 Å². The Morgan fingerprint density at radius 2 is 2.05 bits per heavy atom. The fourth-order valence-electron chi connectivity index (χ4n) is 2.69. The molecule has 1 aliphatic rings. The van der Waals surface area contributed by atoms with Crippen molar-refractivity contribution in [1.29, 1.82) is 0 Å². The number of hydrogen-bond acceptors (Lipinski definition) is 2. The molecule has 20 heavy (non-hydrogen) atoms. The summed E-state index contributed by atoms with van der Waals surface area (Å²) >= 11 is 0. The zero-order valence-corrected chi connectivity index (χ0v) is 13.2. The highest BCUT2D eigenvalue weighted by Crippen LogP contribution is 2.20. The van der Waals surface area contributed by atoms with Crippen LogP contribution >= 0.6 is 12.4 Å². The van der Waals surface area contributed by atoms with Gasteiger partial charge in [0.15, 0.2) is 0 Å². The van der Waals surface area contributed by atoms with E-state index < -0.39 is 0 Å². The molecule has 3 nitrogen and oxygen atoms in total. The summed E-state index contributed by atoms with van der Waals surface area (Å²) in [7, 11) is 0. The average Bonchev–Trinajstić information content (AvgIpc) is 2.46. The van der Waals surface area contributed by atoms with Crippen molar-refractivity contribution >= 4 is 18.3 Å². The molecule has 1 aromatic rings. The molecule has 0 spiro atoms. The van der Waals surface area contributed by atoms with E-state index in [-0.39, 0.29) is 24.4 Å². The van der Waals surface area contributed by atoms with Crippen LogP contribution in [0.3, 0.4) is 0 Å². The van der Waals surface area contributed by atoms with Gasteiger partial charge in [0.05, 0.1) is 0 Å². The highest BCUT2D eigenvalue weighted by molar-refractivity contribution is 5.94. The van der Waals surface area contributed by atoms with Crippen LogP contribution in [-0.4, -0.2) is 29.9 Å². The van der Waals surface area contributed by atoms with Crippen LogP contribution in [-0.2, 0) is 6.42 Å². The lowest BCUT2D eigenvalue weighted by atomic mass is 9.92. The van der Waals surface area contributed by atoms with Gasteiger partial charge < -0.3 is 10.6 Å². The van der Waals surface area contributed by atoms with Crippen molar-refractivity contribution < 1.29 is 4.79 Å². The third-order valence-corrected chi connectivity index (χ3v) is 4.10. The Balaban J connectivity index is 0.00000200. The van der Waals surface area contributed by atoms with Gasteiger partial charge in [-0.15, -0.1) is 12.4 Å². The fraction of sp³-hybridized carbons (Fsp3) is 0.562. The van der Waals surface area contributed by atoms with Crippen LogP contribution in [0.5, 0.6) is 0 Å². The van der Waals surface area contributed by atoms with Crippen molar-refractivity contribution in [1.82, 2.24) is 4.90 Å². The average molecular weight is 297 g/mol. The molecule has 0 radical (unpaired) electrons. The molecule has 112 valence electrons. The molecule has 0 bridgehead atoms. The second kappa shape index (κ2) is 7.65. The van der Waals surface area contributed by atoms with Gasteiger partial charge in [-0.2, -0.15) is 0 Å². The van der Waals surface area contributed by atoms with Gasteiger partial charge in [-0.3, -0.25) is 4.79 Å². The van der Waals surface area contributed by atoms with E-state index in [1.807, 2.05) is 36.1 Å². The van der Waals surface area contributed by atoms with Gasteiger partial charge in [0, 0.05) is 24.7 Å². The number of piperidine rings is 1. The van der Waals surface area contributed by atoms with Crippen LogP contribution in [0.25, 0.3) is 0 Å². The number of halogens is 1. The number of rotatable bonds is 3. The number of likely N-dealkylation sites (tertiary alicyclic amines) is 1. The van der Waals surface area contributed by atoms with E-state index in [4.69, 9.17) is 5.73 Å². The summed E-state index contributed by atoms with van der Waals surface area (Å²) in [4.78, 5) is 14.4. The monoisotopic (exact) mass is 296 g/mol. The first kappa shape index (κ1) is 17.0. The number of carbonyl (C=O) groups is 1. The number of benzene rings is 1. The van der Waals surface area contributed by atoms with Crippen LogP contribution in [0.1, 0.15) is 42.6 Å². The van der Waals surface area contributed by atoms with Gasteiger partial charge in [-0.25, -0.2) is 0 Å². The molecular formula is C16H25ClN2O. The number of nitrogens with two attached hydrogens (primary N) is 1. The molecular weight excluding hydrogens is 272 g/mol. The number of amides is 1. The summed E-state index contributed by atoms with van der Waals surface area (Å²) in [5, 5.41) is 0. The van der Waals surface area contributed by atoms with Crippen molar-refractivity contribution in [3.8, 4) is 0 Å². The summed E-state index contributed by atoms with van der Waals surface area (Å²) in [6.07, 6.45) is 3.20. The summed E-state index contributed by atoms with van der Waals surface area (Å²) in [6, 6.07) is 8.13. The summed E-state index contributed by atoms with van der Waals surface area (Å²) < 4.78 is 0. The third kappa shape index (κ3) is 3.97. The van der Waals surface area contributed by atoms with Crippen molar-refractivity contribution in [2.75, 3.05) is 13.1 Å². The van der Waals surface area contributed by atoms with Gasteiger partial charge in [0.2, 0.25) is 0 Å². The second-order valence-electron chi connectivity index (χ2n) is 5.56. The third-order valence-electron chi connectivity index (χ3n) is 4.10. The van der Waals surface area contributed by atoms with Crippen molar-refractivity contribution in [2.45, 2.75) is 39.2 Å². The van der Waals surface area contributed by atoms with Crippen LogP contribution in [0.15, 0.2) is 24.3 Å². The molecule has 2 rings (SSSR count). The van der Waals surface area contributed by atoms with Crippen LogP contribution in [0.2, 0.25) is 0 Å². The second-order valence-corrected chi connectivity index (χ2v) is 5.56. The quantitative estimate of drug-likeness (QED) is 0.932. The molecule has 1 aliphatic heterocycles. The highest BCUT2D eigenvalue weighted by Gasteiger charge is 2.26. The first-order valence-electron chi connectivity index (χ1n) is 7.25. The molecule has 0 saturated carbocycles. The Kier molecular flexibility index (Phi) is 6.50. The first-order chi connectivity index (χ1) is 9.11. The molecule has 2 atom stereocenters. The predicted octanol–water partition coefficient (Wildman–Crippen LogP) is 2.87. The van der Waals surface area contributed by atoms with E-state index in [2.05, 4.69) is 6.92 Å². The number of nitrogens with zero attached hydrogens (tertiary/aromatic N) is 1. The zero-order chi connectivity index (χ0) is 13.8. The Hall–Kier alpha value is -1.06. The molecule has 2 unspecified atom stereocenters. The topological polar surface area (TPSA) is 46.3 Å². The van der Waals surface area contributed by atoms with Crippen molar-refractivity contribution in [3.05, 3.63) is 35.4 Å². The minimum Gasteiger partial charge on any atom is -0.338 e. The molecule has 1 heterocycles. The van der Waals surface area contributed by atoms with E-state index >= 15 is 0 Å². The molecule has 1 aromatic carbocycles. The minimum atomic E-state index is 0. The van der Waals surface area contributed by atoms with Crippen LogP contribution in [0, 0.1) is 5.92 Å². The summed E-state index contributed by atoms with van der Waals surface area (Å²) in [6.45, 7) is 5.81. The van der Waals surface area contributed by atoms with E-state index in [1.54, 1.807) is 0 Å². The number of aryl methyl sites for hydroxylation is 1. The van der Waals surface area contributed by atoms with Gasteiger partial charge in [0.25, 0.3) is 5.91 Å². The number of carbonyl (C=O) groups excluding carboxylic acids is 1. The lowest BCUT2D eigenvalue weighted by Gasteiger charge is -2.34. The molecule has 1 saturated heterocycles. The Bertz CT molecular complexity index is 431. The van der Waals surface area contributed by atoms with Gasteiger partial charge >= 0.3 is 0 Å². The van der Waals surface area contributed by atoms with E-state index in [0.29, 0.717) is 5.92 Å². The first-order valence-corrected chi connectivity index (χ1v) is 7.25. The molecule has 0 aliphatic carbocycles. The van der Waals surface area contributed by atoms with Crippen LogP contribution in [0.4, 0.5) is 0 Å². The van der Waals surface area contributed by atoms with Crippen molar-refractivity contribution in [2.24, 2.45) is 11.7 Å². The SMILES string of the molecule is CCc1ccc(C(=O)N2CCCC(C(C)N)C2)cc1.Cl. The largest absolute Gasteiger partial charge is 0.338 e. The Morgan fingerprint density at radius 1 is 1.40 bits per heavy atom. The van der Waals surface area contributed by atoms with Gasteiger partial charge in [-0.05, 0) is 49.8 Å². The Morgan fingerprint density at radius 3 is 2.60 bits per heavy atom. The normalized spacial score (nSPS) is 20.1. The maximum absolute atomic E-state index is 12.5. The maximum atomic E-state index is 12.5. The zero-order valence-electron chi connectivity index (χ0n) is 12.3. The molecule has 1 amide bonds. The van der Waals surface area contributed by atoms with Crippen LogP contribution < -0.4 is 5.73 Å². The summed E-state index contributed by atoms with van der Waals surface area (Å²) in [5.41, 5.74) is 8.03. The van der Waals surface area contributed by atoms with Gasteiger partial charge in [0.1, 0.15) is 0 Å². The molecule has 0 aromatic heterocycles. The van der Waals surface area contributed by atoms with E-state index in [9.17, 15) is 4.79 Å². The minimum absolute atomic E-state index is 0. The lowest BCUT2D eigenvalue weighted by molar-refractivity contribution is 0.0661. The standard InChI is InChI=1S/C16H24N2O.ClH/c1-3-13-6-8-14(9-7-13)16(19)18-10-4-5-15(11-18)12(2)17;/h6-9,12,15H,3-5,10-11,17H2,1-2H3;1H. The predicted molar refractivity (Wildman–Crippen MR) is 85.3 cm³/mol. The molecule has 4 heteroatoms. The molecule has 2 N–H and O–H groups in total. The van der Waals surface area contributed by atoms with E-state index in [0.717, 1.165) is 37.9 Å². The maximum Gasteiger partial charge on any atom is 0.253 e. The fourth-order valence-corrected chi connectivity index (χ4v) is 2.69. The Labute approximate surface area is 127 Å². The van der Waals surface area contributed by atoms with E-state index in [1.165, 1.54) is 5.56 Å². The van der Waals surface area contributed by atoms with Gasteiger partial charge in [-0.1, -0.05) is 19.1 Å². The highest BCUT2D eigenvalue weighted by atomic mass is 35.5.